The molecule has 0 saturated carbocycles. The predicted octanol–water partition coefficient (Wildman–Crippen LogP) is 3.89. The van der Waals surface area contributed by atoms with E-state index in [4.69, 9.17) is 25.8 Å². The van der Waals surface area contributed by atoms with Crippen LogP contribution in [0.5, 0.6) is 11.5 Å². The highest BCUT2D eigenvalue weighted by Gasteiger charge is 2.23. The van der Waals surface area contributed by atoms with Gasteiger partial charge < -0.3 is 19.5 Å². The summed E-state index contributed by atoms with van der Waals surface area (Å²) in [5, 5.41) is 2.87. The van der Waals surface area contributed by atoms with Crippen LogP contribution in [0.1, 0.15) is 41.0 Å². The third-order valence-corrected chi connectivity index (χ3v) is 4.53. The van der Waals surface area contributed by atoms with Crippen molar-refractivity contribution in [3.8, 4) is 11.5 Å². The molecule has 0 radical (unpaired) electrons. The van der Waals surface area contributed by atoms with Crippen molar-refractivity contribution >= 4 is 34.9 Å². The van der Waals surface area contributed by atoms with Gasteiger partial charge in [-0.25, -0.2) is 4.79 Å². The zero-order valence-corrected chi connectivity index (χ0v) is 16.7. The smallest absolute Gasteiger partial charge is 0.339 e. The monoisotopic (exact) mass is 417 g/mol. The highest BCUT2D eigenvalue weighted by molar-refractivity contribution is 6.32. The molecule has 0 aromatic heterocycles. The van der Waals surface area contributed by atoms with Crippen molar-refractivity contribution in [1.29, 1.82) is 0 Å². The summed E-state index contributed by atoms with van der Waals surface area (Å²) in [6.07, 6.45) is -0.347. The average molecular weight is 418 g/mol. The van der Waals surface area contributed by atoms with Crippen molar-refractivity contribution < 1.29 is 28.6 Å². The van der Waals surface area contributed by atoms with Crippen molar-refractivity contribution in [3.63, 3.8) is 0 Å². The molecule has 29 heavy (non-hydrogen) atoms. The van der Waals surface area contributed by atoms with Crippen LogP contribution < -0.4 is 14.8 Å². The lowest BCUT2D eigenvalue weighted by Gasteiger charge is -2.15. The van der Waals surface area contributed by atoms with Crippen LogP contribution in [0.3, 0.4) is 0 Å². The molecule has 0 bridgehead atoms. The molecule has 0 aliphatic carbocycles. The third kappa shape index (κ3) is 5.06. The van der Waals surface area contributed by atoms with E-state index in [1.807, 2.05) is 0 Å². The van der Waals surface area contributed by atoms with Gasteiger partial charge in [0.25, 0.3) is 5.91 Å². The molecule has 3 rings (SSSR count). The second-order valence-corrected chi connectivity index (χ2v) is 6.91. The number of hydrogen-bond acceptors (Lipinski definition) is 6. The first-order valence-corrected chi connectivity index (χ1v) is 9.45. The van der Waals surface area contributed by atoms with Gasteiger partial charge in [-0.05, 0) is 50.2 Å². The largest absolute Gasteiger partial charge is 0.489 e. The molecule has 2 aromatic rings. The Morgan fingerprint density at radius 2 is 1.76 bits per heavy atom. The van der Waals surface area contributed by atoms with Crippen LogP contribution in [0.2, 0.25) is 5.02 Å². The number of halogens is 1. The summed E-state index contributed by atoms with van der Waals surface area (Å²) in [5.41, 5.74) is 1.18. The molecule has 0 saturated heterocycles. The molecule has 7 nitrogen and oxygen atoms in total. The maximum Gasteiger partial charge on any atom is 0.339 e. The van der Waals surface area contributed by atoms with Gasteiger partial charge in [0.1, 0.15) is 0 Å². The van der Waals surface area contributed by atoms with Crippen molar-refractivity contribution in [1.82, 2.24) is 0 Å². The summed E-state index contributed by atoms with van der Waals surface area (Å²) < 4.78 is 16.3. The molecule has 1 aliphatic rings. The number of fused-ring (bicyclic) bond motifs is 1. The number of esters is 1. The number of benzene rings is 2. The molecular formula is C21H20ClNO6. The fraction of sp³-hybridized carbons (Fsp3) is 0.286. The predicted molar refractivity (Wildman–Crippen MR) is 107 cm³/mol. The van der Waals surface area contributed by atoms with Gasteiger partial charge in [-0.1, -0.05) is 11.6 Å². The molecule has 1 N–H and O–H groups in total. The van der Waals surface area contributed by atoms with Crippen molar-refractivity contribution in [2.75, 3.05) is 18.5 Å². The number of anilines is 1. The number of rotatable bonds is 5. The van der Waals surface area contributed by atoms with E-state index in [1.165, 1.54) is 26.0 Å². The third-order valence-electron chi connectivity index (χ3n) is 4.25. The second kappa shape index (κ2) is 8.96. The van der Waals surface area contributed by atoms with E-state index in [0.29, 0.717) is 42.4 Å². The van der Waals surface area contributed by atoms with E-state index < -0.39 is 18.0 Å². The minimum absolute atomic E-state index is 0.0704. The van der Waals surface area contributed by atoms with E-state index in [2.05, 4.69) is 5.32 Å². The SMILES string of the molecule is CC(=O)c1ccc(NC(=O)[C@H](C)OC(=O)c2cc(Cl)c3c(c2)OCCCO3)cc1. The van der Waals surface area contributed by atoms with Gasteiger partial charge in [0.05, 0.1) is 23.8 Å². The van der Waals surface area contributed by atoms with E-state index >= 15 is 0 Å². The van der Waals surface area contributed by atoms with Gasteiger partial charge in [-0.2, -0.15) is 0 Å². The van der Waals surface area contributed by atoms with Crippen LogP contribution >= 0.6 is 11.6 Å². The number of ether oxygens (including phenoxy) is 3. The molecule has 1 amide bonds. The number of amides is 1. The van der Waals surface area contributed by atoms with Gasteiger partial charge in [-0.3, -0.25) is 9.59 Å². The highest BCUT2D eigenvalue weighted by Crippen LogP contribution is 2.38. The first kappa shape index (κ1) is 20.7. The Bertz CT molecular complexity index is 941. The van der Waals surface area contributed by atoms with Gasteiger partial charge in [0.15, 0.2) is 23.4 Å². The summed E-state index contributed by atoms with van der Waals surface area (Å²) >= 11 is 6.19. The van der Waals surface area contributed by atoms with E-state index in [-0.39, 0.29) is 16.4 Å². The normalized spacial score (nSPS) is 13.8. The molecular weight excluding hydrogens is 398 g/mol. The summed E-state index contributed by atoms with van der Waals surface area (Å²) in [6.45, 7) is 3.84. The maximum atomic E-state index is 12.5. The molecule has 1 heterocycles. The number of nitrogens with one attached hydrogen (secondary N) is 1. The Kier molecular flexibility index (Phi) is 6.39. The Hall–Kier alpha value is -3.06. The standard InChI is InChI=1S/C21H20ClNO6/c1-12(24)14-4-6-16(7-5-14)23-20(25)13(2)29-21(26)15-10-17(22)19-18(11-15)27-8-3-9-28-19/h4-7,10-11,13H,3,8-9H2,1-2H3,(H,23,25)/t13-/m0/s1. The Balaban J connectivity index is 1.65. The van der Waals surface area contributed by atoms with Crippen molar-refractivity contribution in [2.45, 2.75) is 26.4 Å². The second-order valence-electron chi connectivity index (χ2n) is 6.51. The number of hydrogen-bond donors (Lipinski definition) is 1. The molecule has 2 aromatic carbocycles. The first-order valence-electron chi connectivity index (χ1n) is 9.07. The van der Waals surface area contributed by atoms with Gasteiger partial charge in [-0.15, -0.1) is 0 Å². The molecule has 1 aliphatic heterocycles. The van der Waals surface area contributed by atoms with Crippen molar-refractivity contribution in [3.05, 3.63) is 52.5 Å². The molecule has 0 unspecified atom stereocenters. The lowest BCUT2D eigenvalue weighted by molar-refractivity contribution is -0.123. The number of carbonyl (C=O) groups excluding carboxylic acids is 3. The quantitative estimate of drug-likeness (QED) is 0.586. The number of carbonyl (C=O) groups is 3. The van der Waals surface area contributed by atoms with Crippen LogP contribution in [0.4, 0.5) is 5.69 Å². The van der Waals surface area contributed by atoms with E-state index in [9.17, 15) is 14.4 Å². The number of Topliss-reactive ketones (excluding diaryl/α,β-unsaturated/α-hetero) is 1. The van der Waals surface area contributed by atoms with Crippen LogP contribution in [-0.2, 0) is 9.53 Å². The van der Waals surface area contributed by atoms with Crippen LogP contribution in [0, 0.1) is 0 Å². The maximum absolute atomic E-state index is 12.5. The Morgan fingerprint density at radius 1 is 1.07 bits per heavy atom. The summed E-state index contributed by atoms with van der Waals surface area (Å²) in [7, 11) is 0. The van der Waals surface area contributed by atoms with Gasteiger partial charge in [0.2, 0.25) is 0 Å². The molecule has 0 fully saturated rings. The lowest BCUT2D eigenvalue weighted by Crippen LogP contribution is -2.30. The van der Waals surface area contributed by atoms with E-state index in [1.54, 1.807) is 24.3 Å². The zero-order valence-electron chi connectivity index (χ0n) is 16.0. The Labute approximate surface area is 172 Å². The molecule has 0 spiro atoms. The minimum atomic E-state index is -1.05. The topological polar surface area (TPSA) is 90.9 Å². The minimum Gasteiger partial charge on any atom is -0.489 e. The first-order chi connectivity index (χ1) is 13.8. The summed E-state index contributed by atoms with van der Waals surface area (Å²) in [4.78, 5) is 36.1. The van der Waals surface area contributed by atoms with Gasteiger partial charge in [0, 0.05) is 17.7 Å². The fourth-order valence-electron chi connectivity index (χ4n) is 2.66. The molecule has 152 valence electrons. The summed E-state index contributed by atoms with van der Waals surface area (Å²) in [6, 6.07) is 9.32. The van der Waals surface area contributed by atoms with Crippen molar-refractivity contribution in [2.24, 2.45) is 0 Å². The average Bonchev–Trinajstić information content (AvgIpc) is 2.94. The molecule has 1 atom stereocenters. The lowest BCUT2D eigenvalue weighted by atomic mass is 10.1. The summed E-state index contributed by atoms with van der Waals surface area (Å²) in [5.74, 6) is -0.532. The van der Waals surface area contributed by atoms with Crippen LogP contribution in [-0.4, -0.2) is 37.0 Å². The zero-order chi connectivity index (χ0) is 21.0. The Morgan fingerprint density at radius 3 is 2.45 bits per heavy atom. The van der Waals surface area contributed by atoms with Gasteiger partial charge >= 0.3 is 5.97 Å². The van der Waals surface area contributed by atoms with Crippen LogP contribution in [0.25, 0.3) is 0 Å². The molecule has 8 heteroatoms. The van der Waals surface area contributed by atoms with Crippen LogP contribution in [0.15, 0.2) is 36.4 Å². The number of ketones is 1. The highest BCUT2D eigenvalue weighted by atomic mass is 35.5. The van der Waals surface area contributed by atoms with E-state index in [0.717, 1.165) is 0 Å². The fourth-order valence-corrected chi connectivity index (χ4v) is 2.93.